The van der Waals surface area contributed by atoms with Crippen LogP contribution in [0.25, 0.3) is 0 Å². The second-order valence-corrected chi connectivity index (χ2v) is 6.33. The maximum atomic E-state index is 12.3. The van der Waals surface area contributed by atoms with Gasteiger partial charge in [-0.2, -0.15) is 0 Å². The average molecular weight is 340 g/mol. The maximum absolute atomic E-state index is 12.3. The molecule has 0 heterocycles. The molecular weight excluding hydrogens is 316 g/mol. The minimum Gasteiger partial charge on any atom is -0.378 e. The predicted molar refractivity (Wildman–Crippen MR) is 98.3 cm³/mol. The van der Waals surface area contributed by atoms with Crippen LogP contribution in [0, 0.1) is 20.8 Å². The van der Waals surface area contributed by atoms with Crippen LogP contribution in [-0.4, -0.2) is 35.4 Å². The Morgan fingerprint density at radius 2 is 1.64 bits per heavy atom. The lowest BCUT2D eigenvalue weighted by Crippen LogP contribution is -2.38. The Morgan fingerprint density at radius 1 is 1.08 bits per heavy atom. The Morgan fingerprint density at radius 3 is 2.20 bits per heavy atom. The first-order valence-corrected chi connectivity index (χ1v) is 8.15. The fraction of sp³-hybridized carbons (Fsp3) is 0.300. The molecule has 2 aromatic rings. The van der Waals surface area contributed by atoms with Crippen LogP contribution in [0.4, 0.5) is 5.69 Å². The van der Waals surface area contributed by atoms with Gasteiger partial charge in [-0.25, -0.2) is 0 Å². The monoisotopic (exact) mass is 340 g/mol. The van der Waals surface area contributed by atoms with Crippen molar-refractivity contribution in [3.05, 3.63) is 64.7 Å². The van der Waals surface area contributed by atoms with Crippen molar-refractivity contribution in [3.63, 3.8) is 0 Å². The van der Waals surface area contributed by atoms with Crippen molar-refractivity contribution in [2.45, 2.75) is 26.9 Å². The Hall–Kier alpha value is -2.66. The van der Waals surface area contributed by atoms with Crippen molar-refractivity contribution in [2.24, 2.45) is 0 Å². The second kappa shape index (κ2) is 7.94. The van der Waals surface area contributed by atoms with Crippen LogP contribution in [0.5, 0.6) is 0 Å². The number of aliphatic hydroxyl groups excluding tert-OH is 1. The van der Waals surface area contributed by atoms with E-state index in [-0.39, 0.29) is 12.5 Å². The van der Waals surface area contributed by atoms with E-state index in [2.05, 4.69) is 5.32 Å². The Balaban J connectivity index is 2.02. The third kappa shape index (κ3) is 4.67. The van der Waals surface area contributed by atoms with Crippen molar-refractivity contribution >= 4 is 17.5 Å². The van der Waals surface area contributed by atoms with E-state index >= 15 is 0 Å². The van der Waals surface area contributed by atoms with Crippen LogP contribution < -0.4 is 5.32 Å². The number of aryl methyl sites for hydroxylation is 3. The quantitative estimate of drug-likeness (QED) is 0.879. The molecule has 0 aliphatic heterocycles. The molecule has 2 N–H and O–H groups in total. The molecule has 25 heavy (non-hydrogen) atoms. The fourth-order valence-electron chi connectivity index (χ4n) is 2.84. The largest absolute Gasteiger partial charge is 0.378 e. The lowest BCUT2D eigenvalue weighted by atomic mass is 10.1. The first-order valence-electron chi connectivity index (χ1n) is 8.15. The van der Waals surface area contributed by atoms with Crippen LogP contribution in [-0.2, 0) is 9.59 Å². The molecule has 5 heteroatoms. The minimum absolute atomic E-state index is 0.129. The van der Waals surface area contributed by atoms with Crippen molar-refractivity contribution in [2.75, 3.05) is 18.9 Å². The third-order valence-corrected chi connectivity index (χ3v) is 4.05. The summed E-state index contributed by atoms with van der Waals surface area (Å²) in [5.41, 5.74) is 4.35. The van der Waals surface area contributed by atoms with Gasteiger partial charge in [-0.05, 0) is 37.5 Å². The van der Waals surface area contributed by atoms with Gasteiger partial charge in [-0.15, -0.1) is 0 Å². The first-order chi connectivity index (χ1) is 11.8. The number of amides is 2. The Labute approximate surface area is 148 Å². The molecule has 0 aliphatic rings. The Bertz CT molecular complexity index is 749. The van der Waals surface area contributed by atoms with Crippen molar-refractivity contribution in [1.82, 2.24) is 4.90 Å². The number of nitrogens with zero attached hydrogens (tertiary/aromatic N) is 1. The van der Waals surface area contributed by atoms with Gasteiger partial charge in [0, 0.05) is 12.7 Å². The Kier molecular flexibility index (Phi) is 5.93. The van der Waals surface area contributed by atoms with Gasteiger partial charge in [-0.1, -0.05) is 48.0 Å². The molecule has 2 amide bonds. The van der Waals surface area contributed by atoms with E-state index in [1.807, 2.05) is 39.0 Å². The molecule has 1 atom stereocenters. The second-order valence-electron chi connectivity index (χ2n) is 6.33. The number of hydrogen-bond acceptors (Lipinski definition) is 3. The summed E-state index contributed by atoms with van der Waals surface area (Å²) in [6, 6.07) is 12.7. The highest BCUT2D eigenvalue weighted by molar-refractivity contribution is 5.96. The number of rotatable bonds is 5. The molecule has 132 valence electrons. The summed E-state index contributed by atoms with van der Waals surface area (Å²) in [6.45, 7) is 5.74. The first kappa shape index (κ1) is 18.7. The number of hydrogen-bond donors (Lipinski definition) is 2. The van der Waals surface area contributed by atoms with E-state index in [1.165, 1.54) is 11.9 Å². The van der Waals surface area contributed by atoms with E-state index in [9.17, 15) is 14.7 Å². The summed E-state index contributed by atoms with van der Waals surface area (Å²) < 4.78 is 0. The minimum atomic E-state index is -1.28. The summed E-state index contributed by atoms with van der Waals surface area (Å²) in [5, 5.41) is 13.0. The third-order valence-electron chi connectivity index (χ3n) is 4.05. The molecule has 1 unspecified atom stereocenters. The summed E-state index contributed by atoms with van der Waals surface area (Å²) in [6.07, 6.45) is -1.28. The highest BCUT2D eigenvalue weighted by Crippen LogP contribution is 2.22. The number of carbonyl (C=O) groups is 2. The highest BCUT2D eigenvalue weighted by Gasteiger charge is 2.23. The molecule has 0 spiro atoms. The van der Waals surface area contributed by atoms with E-state index in [1.54, 1.807) is 24.3 Å². The van der Waals surface area contributed by atoms with E-state index < -0.39 is 12.0 Å². The van der Waals surface area contributed by atoms with E-state index in [0.29, 0.717) is 5.56 Å². The van der Waals surface area contributed by atoms with E-state index in [4.69, 9.17) is 0 Å². The molecule has 2 rings (SSSR count). The molecule has 0 fully saturated rings. The topological polar surface area (TPSA) is 69.6 Å². The molecule has 0 aromatic heterocycles. The van der Waals surface area contributed by atoms with Gasteiger partial charge < -0.3 is 15.3 Å². The molecule has 0 aliphatic carbocycles. The van der Waals surface area contributed by atoms with Gasteiger partial charge in [0.25, 0.3) is 5.91 Å². The lowest BCUT2D eigenvalue weighted by molar-refractivity contribution is -0.141. The number of likely N-dealkylation sites (N-methyl/N-ethyl adjacent to an activating group) is 1. The summed E-state index contributed by atoms with van der Waals surface area (Å²) in [4.78, 5) is 25.8. The van der Waals surface area contributed by atoms with Crippen molar-refractivity contribution < 1.29 is 14.7 Å². The van der Waals surface area contributed by atoms with Gasteiger partial charge >= 0.3 is 0 Å². The number of nitrogens with one attached hydrogen (secondary N) is 1. The average Bonchev–Trinajstić information content (AvgIpc) is 2.57. The summed E-state index contributed by atoms with van der Waals surface area (Å²) >= 11 is 0. The maximum Gasteiger partial charge on any atom is 0.256 e. The predicted octanol–water partition coefficient (Wildman–Crippen LogP) is 2.74. The standard InChI is InChI=1S/C20H24N2O3/c1-13-10-14(2)18(15(3)11-13)21-17(23)12-22(4)20(25)19(24)16-8-6-5-7-9-16/h5-11,19,24H,12H2,1-4H3,(H,21,23). The molecule has 5 nitrogen and oxygen atoms in total. The fourth-order valence-corrected chi connectivity index (χ4v) is 2.84. The number of benzene rings is 2. The van der Waals surface area contributed by atoms with Crippen LogP contribution in [0.2, 0.25) is 0 Å². The number of anilines is 1. The van der Waals surface area contributed by atoms with Gasteiger partial charge in [0.2, 0.25) is 5.91 Å². The zero-order chi connectivity index (χ0) is 18.6. The molecular formula is C20H24N2O3. The van der Waals surface area contributed by atoms with Gasteiger partial charge in [0.1, 0.15) is 0 Å². The molecule has 0 radical (unpaired) electrons. The molecule has 0 bridgehead atoms. The summed E-state index contributed by atoms with van der Waals surface area (Å²) in [5.74, 6) is -0.815. The van der Waals surface area contributed by atoms with Crippen molar-refractivity contribution in [1.29, 1.82) is 0 Å². The van der Waals surface area contributed by atoms with Crippen LogP contribution in [0.3, 0.4) is 0 Å². The SMILES string of the molecule is Cc1cc(C)c(NC(=O)CN(C)C(=O)C(O)c2ccccc2)c(C)c1. The number of carbonyl (C=O) groups excluding carboxylic acids is 2. The molecule has 2 aromatic carbocycles. The van der Waals surface area contributed by atoms with Crippen LogP contribution in [0.1, 0.15) is 28.4 Å². The van der Waals surface area contributed by atoms with Gasteiger partial charge in [0.15, 0.2) is 6.10 Å². The zero-order valence-electron chi connectivity index (χ0n) is 15.0. The smallest absolute Gasteiger partial charge is 0.256 e. The van der Waals surface area contributed by atoms with Gasteiger partial charge in [-0.3, -0.25) is 9.59 Å². The zero-order valence-corrected chi connectivity index (χ0v) is 15.0. The van der Waals surface area contributed by atoms with Crippen LogP contribution in [0.15, 0.2) is 42.5 Å². The lowest BCUT2D eigenvalue weighted by Gasteiger charge is -2.21. The van der Waals surface area contributed by atoms with Crippen LogP contribution >= 0.6 is 0 Å². The van der Waals surface area contributed by atoms with E-state index in [0.717, 1.165) is 22.4 Å². The molecule has 0 saturated carbocycles. The van der Waals surface area contributed by atoms with Crippen molar-refractivity contribution in [3.8, 4) is 0 Å². The summed E-state index contributed by atoms with van der Waals surface area (Å²) in [7, 11) is 1.50. The van der Waals surface area contributed by atoms with Gasteiger partial charge in [0.05, 0.1) is 6.54 Å². The highest BCUT2D eigenvalue weighted by atomic mass is 16.3. The number of aliphatic hydroxyl groups is 1. The normalized spacial score (nSPS) is 11.7. The molecule has 0 saturated heterocycles.